The van der Waals surface area contributed by atoms with Crippen molar-refractivity contribution < 1.29 is 115 Å². The van der Waals surface area contributed by atoms with Gasteiger partial charge in [-0.1, -0.05) is 78.9 Å². The minimum absolute atomic E-state index is 0.0716. The van der Waals surface area contributed by atoms with Crippen molar-refractivity contribution in [3.63, 3.8) is 0 Å². The molecule has 29 heteroatoms. The summed E-state index contributed by atoms with van der Waals surface area (Å²) in [5.41, 5.74) is -28.7. The van der Waals surface area contributed by atoms with Crippen LogP contribution in [0.1, 0.15) is 60.6 Å². The molecule has 0 atom stereocenters. The number of halogens is 25. The predicted octanol–water partition coefficient (Wildman–Crippen LogP) is 13.2. The first-order valence-corrected chi connectivity index (χ1v) is 20.4. The van der Waals surface area contributed by atoms with Crippen molar-refractivity contribution in [1.82, 2.24) is 4.98 Å². The lowest BCUT2D eigenvalue weighted by Gasteiger charge is -2.46. The maximum Gasteiger partial charge on any atom is 0.416 e. The number of hydrogen-bond donors (Lipinski definition) is 0. The van der Waals surface area contributed by atoms with Crippen LogP contribution in [0.3, 0.4) is 0 Å². The number of ketones is 1. The van der Waals surface area contributed by atoms with Gasteiger partial charge in [-0.15, -0.1) is 11.6 Å². The first-order valence-electron chi connectivity index (χ1n) is 19.9. The Kier molecular flexibility index (Phi) is 16.0. The highest BCUT2D eigenvalue weighted by atomic mass is 35.5. The van der Waals surface area contributed by atoms with Crippen LogP contribution in [0, 0.1) is 0 Å². The molecule has 0 spiro atoms. The SMILES string of the molecule is FC(F)(F)c1cc([B-](c2cc(C(F)(F)F)cc(C(F)(F)F)c2)(c2cc(C(F)(F)F)cc(C(F)(F)F)c2)c2cc(C(F)(F)F)cc(C(F)(F)F)c2)cc(C(F)(F)F)c1.O=C(C[n+]1ccnc(CCl)c1)c1ccccc1. The summed E-state index contributed by atoms with van der Waals surface area (Å²) < 4.78 is 343. The lowest BCUT2D eigenvalue weighted by molar-refractivity contribution is -0.684. The van der Waals surface area contributed by atoms with Gasteiger partial charge in [-0.3, -0.25) is 4.79 Å². The zero-order valence-electron chi connectivity index (χ0n) is 35.8. The second kappa shape index (κ2) is 20.3. The van der Waals surface area contributed by atoms with Gasteiger partial charge in [-0.2, -0.15) is 132 Å². The predicted molar refractivity (Wildman–Crippen MR) is 215 cm³/mol. The first-order chi connectivity index (χ1) is 33.6. The van der Waals surface area contributed by atoms with Crippen molar-refractivity contribution in [3.05, 3.63) is 177 Å². The third-order valence-electron chi connectivity index (χ3n) is 10.8. The van der Waals surface area contributed by atoms with Crippen molar-refractivity contribution >= 4 is 45.4 Å². The number of carbonyl (C=O) groups excluding carboxylic acids is 1. The van der Waals surface area contributed by atoms with Crippen LogP contribution >= 0.6 is 11.6 Å². The Bertz CT molecular complexity index is 2550. The number of alkyl halides is 25. The van der Waals surface area contributed by atoms with E-state index < -0.39 is 195 Å². The van der Waals surface area contributed by atoms with Crippen LogP contribution in [0.15, 0.2) is 122 Å². The fourth-order valence-corrected chi connectivity index (χ4v) is 7.74. The molecule has 0 N–H and O–H groups in total. The Balaban J connectivity index is 0.000000500. The fraction of sp³-hybridized carbons (Fsp3) is 0.222. The van der Waals surface area contributed by atoms with Crippen LogP contribution in [0.5, 0.6) is 0 Å². The molecule has 1 heterocycles. The summed E-state index contributed by atoms with van der Waals surface area (Å²) in [7, 11) is 0. The monoisotopic (exact) mass is 1110 g/mol. The molecule has 0 aliphatic heterocycles. The van der Waals surface area contributed by atoms with Gasteiger partial charge in [0.15, 0.2) is 12.4 Å². The second-order valence-electron chi connectivity index (χ2n) is 15.9. The Morgan fingerprint density at radius 3 is 0.905 bits per heavy atom. The molecular formula is C45H24BClF24N2O. The second-order valence-corrected chi connectivity index (χ2v) is 16.1. The van der Waals surface area contributed by atoms with Crippen LogP contribution in [-0.4, -0.2) is 16.9 Å². The molecule has 0 amide bonds. The van der Waals surface area contributed by atoms with E-state index in [9.17, 15) is 110 Å². The Morgan fingerprint density at radius 2 is 0.676 bits per heavy atom. The molecule has 0 unspecified atom stereocenters. The Hall–Kier alpha value is -6.48. The van der Waals surface area contributed by atoms with Crippen molar-refractivity contribution in [1.29, 1.82) is 0 Å². The molecule has 3 nitrogen and oxygen atoms in total. The average Bonchev–Trinajstić information content (AvgIpc) is 3.27. The number of aromatic nitrogens is 2. The zero-order valence-corrected chi connectivity index (χ0v) is 36.5. The fourth-order valence-electron chi connectivity index (χ4n) is 7.60. The van der Waals surface area contributed by atoms with Crippen LogP contribution in [0.4, 0.5) is 105 Å². The summed E-state index contributed by atoms with van der Waals surface area (Å²) in [4.78, 5) is 16.0. The minimum atomic E-state index is -6.13. The number of rotatable bonds is 8. The van der Waals surface area contributed by atoms with E-state index in [1.165, 1.54) is 0 Å². The van der Waals surface area contributed by atoms with Gasteiger partial charge >= 0.3 is 49.4 Å². The van der Waals surface area contributed by atoms with E-state index >= 15 is 0 Å². The lowest BCUT2D eigenvalue weighted by Crippen LogP contribution is -2.75. The molecule has 0 fully saturated rings. The number of hydrogen-bond acceptors (Lipinski definition) is 2. The molecular weight excluding hydrogens is 1090 g/mol. The molecule has 0 saturated carbocycles. The quantitative estimate of drug-likeness (QED) is 0.0500. The van der Waals surface area contributed by atoms with Crippen LogP contribution < -0.4 is 26.4 Å². The van der Waals surface area contributed by atoms with Gasteiger partial charge in [-0.05, 0) is 24.3 Å². The highest BCUT2D eigenvalue weighted by Gasteiger charge is 2.47. The van der Waals surface area contributed by atoms with Gasteiger partial charge in [-0.25, -0.2) is 4.98 Å². The van der Waals surface area contributed by atoms with Gasteiger partial charge in [0.25, 0.3) is 0 Å². The third-order valence-corrected chi connectivity index (χ3v) is 11.1. The summed E-state index contributed by atoms with van der Waals surface area (Å²) in [6.45, 7) is 0.302. The minimum Gasteiger partial charge on any atom is -0.287 e. The maximum atomic E-state index is 14.2. The number of carbonyl (C=O) groups is 1. The van der Waals surface area contributed by atoms with Gasteiger partial charge in [0.2, 0.25) is 12.3 Å². The molecule has 1 aromatic heterocycles. The average molecular weight is 1110 g/mol. The molecule has 0 aliphatic rings. The molecule has 0 saturated heterocycles. The van der Waals surface area contributed by atoms with E-state index in [2.05, 4.69) is 4.98 Å². The number of nitrogens with zero attached hydrogens (tertiary/aromatic N) is 2. The molecule has 5 aromatic carbocycles. The van der Waals surface area contributed by atoms with Crippen molar-refractivity contribution in [3.8, 4) is 0 Å². The molecule has 0 radical (unpaired) electrons. The molecule has 6 rings (SSSR count). The highest BCUT2D eigenvalue weighted by Crippen LogP contribution is 2.41. The summed E-state index contributed by atoms with van der Waals surface area (Å²) in [5.74, 6) is 0.419. The molecule has 0 aliphatic carbocycles. The maximum absolute atomic E-state index is 14.2. The smallest absolute Gasteiger partial charge is 0.287 e. The van der Waals surface area contributed by atoms with E-state index in [1.807, 2.05) is 30.3 Å². The summed E-state index contributed by atoms with van der Waals surface area (Å²) in [5, 5.41) is 0. The molecule has 0 bridgehead atoms. The van der Waals surface area contributed by atoms with Gasteiger partial charge in [0.05, 0.1) is 56.6 Å². The standard InChI is InChI=1S/C32H12BF24.C13H12ClN2O/c34-25(35,36)13-1-14(26(37,38)39)6-21(5-13)33(22-7-15(27(40,41)42)2-16(8-22)28(43,44)45,23-9-17(29(46,47)48)3-18(10-23)30(49,50)51)24-11-19(31(52,53)54)4-20(12-24)32(55,56)57;14-8-12-9-16(7-6-15-12)10-13(17)11-4-2-1-3-5-11/h1-12H;1-7,9H,8,10H2/q-1;+1. The van der Waals surface area contributed by atoms with Crippen LogP contribution in [0.25, 0.3) is 0 Å². The van der Waals surface area contributed by atoms with Gasteiger partial charge < -0.3 is 0 Å². The van der Waals surface area contributed by atoms with E-state index in [0.29, 0.717) is 18.0 Å². The van der Waals surface area contributed by atoms with Crippen molar-refractivity contribution in [2.75, 3.05) is 0 Å². The molecule has 74 heavy (non-hydrogen) atoms. The zero-order chi connectivity index (χ0) is 56.0. The number of benzene rings is 5. The summed E-state index contributed by atoms with van der Waals surface area (Å²) >= 11 is 5.69. The van der Waals surface area contributed by atoms with E-state index in [-0.39, 0.29) is 5.78 Å². The van der Waals surface area contributed by atoms with Gasteiger partial charge in [0, 0.05) is 5.56 Å². The molecule has 398 valence electrons. The summed E-state index contributed by atoms with van der Waals surface area (Å²) in [6, 6.07) is 0.416. The normalized spacial score (nSPS) is 13.4. The largest absolute Gasteiger partial charge is 0.416 e. The van der Waals surface area contributed by atoms with Crippen LogP contribution in [-0.2, 0) is 61.8 Å². The van der Waals surface area contributed by atoms with E-state index in [0.717, 1.165) is 5.69 Å². The summed E-state index contributed by atoms with van der Waals surface area (Å²) in [6.07, 6.45) is -49.6. The topological polar surface area (TPSA) is 33.8 Å². The lowest BCUT2D eigenvalue weighted by atomic mass is 9.12. The third kappa shape index (κ3) is 13.6. The Morgan fingerprint density at radius 1 is 0.419 bits per heavy atom. The van der Waals surface area contributed by atoms with Crippen molar-refractivity contribution in [2.45, 2.75) is 61.8 Å². The number of Topliss-reactive ketones (excluding diaryl/α,β-unsaturated/α-hetero) is 1. The highest BCUT2D eigenvalue weighted by molar-refractivity contribution is 7.20. The van der Waals surface area contributed by atoms with E-state index in [1.54, 1.807) is 23.2 Å². The molecule has 6 aromatic rings. The van der Waals surface area contributed by atoms with E-state index in [4.69, 9.17) is 11.6 Å². The first kappa shape index (κ1) is 58.4. The van der Waals surface area contributed by atoms with Crippen LogP contribution in [0.2, 0.25) is 0 Å². The van der Waals surface area contributed by atoms with Gasteiger partial charge in [0.1, 0.15) is 11.8 Å². The Labute approximate surface area is 403 Å². The van der Waals surface area contributed by atoms with Crippen molar-refractivity contribution in [2.24, 2.45) is 0 Å².